The third kappa shape index (κ3) is 5.32. The summed E-state index contributed by atoms with van der Waals surface area (Å²) in [6.45, 7) is 0.557. The van der Waals surface area contributed by atoms with E-state index in [2.05, 4.69) is 47.9 Å². The molecular weight excluding hydrogens is 378 g/mol. The fourth-order valence-corrected chi connectivity index (χ4v) is 2.98. The molecule has 0 atom stereocenters. The molecule has 4 rings (SSSR count). The number of nitrogens with zero attached hydrogens (tertiary/aromatic N) is 4. The van der Waals surface area contributed by atoms with Crippen molar-refractivity contribution in [3.8, 4) is 5.75 Å². The zero-order valence-corrected chi connectivity index (χ0v) is 16.7. The summed E-state index contributed by atoms with van der Waals surface area (Å²) in [6.07, 6.45) is 5.21. The third-order valence-electron chi connectivity index (χ3n) is 4.51. The Morgan fingerprint density at radius 1 is 0.933 bits per heavy atom. The van der Waals surface area contributed by atoms with Gasteiger partial charge in [-0.1, -0.05) is 18.2 Å². The van der Waals surface area contributed by atoms with E-state index in [0.717, 1.165) is 30.0 Å². The minimum atomic E-state index is 0.527. The van der Waals surface area contributed by atoms with E-state index in [-0.39, 0.29) is 0 Å². The van der Waals surface area contributed by atoms with Gasteiger partial charge in [-0.15, -0.1) is 0 Å². The lowest BCUT2D eigenvalue weighted by Gasteiger charge is -2.06. The lowest BCUT2D eigenvalue weighted by Crippen LogP contribution is -2.06. The molecule has 0 unspecified atom stereocenters. The SMILES string of the molecule is COc1cccc(CCc2cc(Nc3ccnc(NCc4ccccn4)n3)n[nH]2)c1. The van der Waals surface area contributed by atoms with Crippen LogP contribution in [-0.2, 0) is 19.4 Å². The maximum Gasteiger partial charge on any atom is 0.224 e. The van der Waals surface area contributed by atoms with Crippen LogP contribution in [0.5, 0.6) is 5.75 Å². The second-order valence-electron chi connectivity index (χ2n) is 6.70. The van der Waals surface area contributed by atoms with Gasteiger partial charge in [-0.3, -0.25) is 10.1 Å². The standard InChI is InChI=1S/C22H23N7O/c1-30-19-7-4-5-16(13-19)8-9-17-14-21(29-28-17)26-20-10-12-24-22(27-20)25-15-18-6-2-3-11-23-18/h2-7,10-14H,8-9,15H2,1H3,(H3,24,25,26,27,28,29). The number of H-pyrrole nitrogens is 1. The van der Waals surface area contributed by atoms with Gasteiger partial charge >= 0.3 is 0 Å². The molecule has 8 nitrogen and oxygen atoms in total. The number of aromatic nitrogens is 5. The van der Waals surface area contributed by atoms with Crippen LogP contribution in [0.4, 0.5) is 17.6 Å². The van der Waals surface area contributed by atoms with E-state index in [9.17, 15) is 0 Å². The average Bonchev–Trinajstić information content (AvgIpc) is 3.24. The van der Waals surface area contributed by atoms with Crippen LogP contribution in [0.1, 0.15) is 17.0 Å². The Morgan fingerprint density at radius 3 is 2.77 bits per heavy atom. The highest BCUT2D eigenvalue weighted by Crippen LogP contribution is 2.17. The molecule has 4 aromatic rings. The quantitative estimate of drug-likeness (QED) is 0.393. The molecule has 3 heterocycles. The highest BCUT2D eigenvalue weighted by Gasteiger charge is 2.05. The van der Waals surface area contributed by atoms with E-state index >= 15 is 0 Å². The summed E-state index contributed by atoms with van der Waals surface area (Å²) in [6, 6.07) is 17.7. The van der Waals surface area contributed by atoms with Gasteiger partial charge in [0.1, 0.15) is 11.6 Å². The van der Waals surface area contributed by atoms with Crippen LogP contribution in [0.3, 0.4) is 0 Å². The Hall–Kier alpha value is -3.94. The second-order valence-corrected chi connectivity index (χ2v) is 6.70. The van der Waals surface area contributed by atoms with Crippen LogP contribution < -0.4 is 15.4 Å². The molecule has 152 valence electrons. The summed E-state index contributed by atoms with van der Waals surface area (Å²) in [4.78, 5) is 13.0. The molecule has 0 amide bonds. The number of anilines is 3. The molecule has 0 aliphatic heterocycles. The Kier molecular flexibility index (Phi) is 6.14. The van der Waals surface area contributed by atoms with Gasteiger partial charge in [-0.25, -0.2) is 4.98 Å². The molecule has 0 spiro atoms. The summed E-state index contributed by atoms with van der Waals surface area (Å²) in [7, 11) is 1.68. The van der Waals surface area contributed by atoms with Crippen molar-refractivity contribution in [2.75, 3.05) is 17.7 Å². The smallest absolute Gasteiger partial charge is 0.224 e. The van der Waals surface area contributed by atoms with Crippen LogP contribution in [0.25, 0.3) is 0 Å². The number of hydrogen-bond acceptors (Lipinski definition) is 7. The first kappa shape index (κ1) is 19.4. The van der Waals surface area contributed by atoms with Crippen molar-refractivity contribution in [2.45, 2.75) is 19.4 Å². The number of ether oxygens (including phenoxy) is 1. The zero-order valence-electron chi connectivity index (χ0n) is 16.7. The van der Waals surface area contributed by atoms with Gasteiger partial charge in [-0.2, -0.15) is 10.1 Å². The molecule has 0 saturated carbocycles. The normalized spacial score (nSPS) is 10.6. The van der Waals surface area contributed by atoms with Gasteiger partial charge in [-0.05, 0) is 48.7 Å². The zero-order chi connectivity index (χ0) is 20.6. The second kappa shape index (κ2) is 9.51. The Balaban J connectivity index is 1.33. The lowest BCUT2D eigenvalue weighted by atomic mass is 10.1. The monoisotopic (exact) mass is 401 g/mol. The first-order chi connectivity index (χ1) is 14.8. The summed E-state index contributed by atoms with van der Waals surface area (Å²) in [5, 5.41) is 13.8. The van der Waals surface area contributed by atoms with Crippen molar-refractivity contribution in [2.24, 2.45) is 0 Å². The largest absolute Gasteiger partial charge is 0.497 e. The van der Waals surface area contributed by atoms with Crippen molar-refractivity contribution in [1.82, 2.24) is 25.1 Å². The van der Waals surface area contributed by atoms with Crippen molar-refractivity contribution >= 4 is 17.6 Å². The van der Waals surface area contributed by atoms with Crippen molar-refractivity contribution in [3.63, 3.8) is 0 Å². The van der Waals surface area contributed by atoms with Gasteiger partial charge in [0.2, 0.25) is 5.95 Å². The number of nitrogens with one attached hydrogen (secondary N) is 3. The Labute approximate surface area is 174 Å². The molecule has 30 heavy (non-hydrogen) atoms. The summed E-state index contributed by atoms with van der Waals surface area (Å²) >= 11 is 0. The predicted octanol–water partition coefficient (Wildman–Crippen LogP) is 3.74. The summed E-state index contributed by atoms with van der Waals surface area (Å²) < 4.78 is 5.28. The maximum atomic E-state index is 5.28. The van der Waals surface area contributed by atoms with E-state index in [1.54, 1.807) is 25.6 Å². The van der Waals surface area contributed by atoms with Crippen molar-refractivity contribution in [3.05, 3.63) is 83.9 Å². The van der Waals surface area contributed by atoms with Gasteiger partial charge in [0.05, 0.1) is 19.3 Å². The number of hydrogen-bond donors (Lipinski definition) is 3. The molecule has 1 aromatic carbocycles. The molecule has 3 aromatic heterocycles. The van der Waals surface area contributed by atoms with Crippen LogP contribution >= 0.6 is 0 Å². The summed E-state index contributed by atoms with van der Waals surface area (Å²) in [5.74, 6) is 2.78. The molecule has 0 saturated heterocycles. The number of aromatic amines is 1. The number of methoxy groups -OCH3 is 1. The van der Waals surface area contributed by atoms with E-state index in [4.69, 9.17) is 4.74 Å². The average molecular weight is 401 g/mol. The van der Waals surface area contributed by atoms with Gasteiger partial charge in [0.25, 0.3) is 0 Å². The first-order valence-electron chi connectivity index (χ1n) is 9.69. The van der Waals surface area contributed by atoms with Crippen molar-refractivity contribution in [1.29, 1.82) is 0 Å². The van der Waals surface area contributed by atoms with E-state index < -0.39 is 0 Å². The molecule has 3 N–H and O–H groups in total. The Morgan fingerprint density at radius 2 is 1.90 bits per heavy atom. The van der Waals surface area contributed by atoms with E-state index in [1.807, 2.05) is 36.4 Å². The number of aryl methyl sites for hydroxylation is 2. The minimum absolute atomic E-state index is 0.527. The molecule has 8 heteroatoms. The van der Waals surface area contributed by atoms with Gasteiger partial charge < -0.3 is 15.4 Å². The molecule has 0 fully saturated rings. The molecule has 0 aliphatic rings. The number of pyridine rings is 1. The number of benzene rings is 1. The van der Waals surface area contributed by atoms with E-state index in [1.165, 1.54) is 5.56 Å². The van der Waals surface area contributed by atoms with E-state index in [0.29, 0.717) is 24.1 Å². The van der Waals surface area contributed by atoms with Crippen LogP contribution in [-0.4, -0.2) is 32.3 Å². The summed E-state index contributed by atoms with van der Waals surface area (Å²) in [5.41, 5.74) is 3.19. The molecule has 0 bridgehead atoms. The number of rotatable bonds is 9. The fraction of sp³-hybridized carbons (Fsp3) is 0.182. The van der Waals surface area contributed by atoms with Gasteiger partial charge in [0, 0.05) is 24.2 Å². The van der Waals surface area contributed by atoms with Crippen LogP contribution in [0.2, 0.25) is 0 Å². The van der Waals surface area contributed by atoms with Crippen LogP contribution in [0, 0.1) is 0 Å². The topological polar surface area (TPSA) is 101 Å². The van der Waals surface area contributed by atoms with Gasteiger partial charge in [0.15, 0.2) is 5.82 Å². The lowest BCUT2D eigenvalue weighted by molar-refractivity contribution is 0.414. The first-order valence-corrected chi connectivity index (χ1v) is 9.69. The molecule has 0 aliphatic carbocycles. The minimum Gasteiger partial charge on any atom is -0.497 e. The third-order valence-corrected chi connectivity index (χ3v) is 4.51. The van der Waals surface area contributed by atoms with Crippen LogP contribution in [0.15, 0.2) is 67.0 Å². The molecular formula is C22H23N7O. The highest BCUT2D eigenvalue weighted by molar-refractivity contribution is 5.53. The Bertz CT molecular complexity index is 1080. The molecule has 0 radical (unpaired) electrons. The highest BCUT2D eigenvalue weighted by atomic mass is 16.5. The maximum absolute atomic E-state index is 5.28. The predicted molar refractivity (Wildman–Crippen MR) is 116 cm³/mol. The van der Waals surface area contributed by atoms with Crippen molar-refractivity contribution < 1.29 is 4.74 Å². The fourth-order valence-electron chi connectivity index (χ4n) is 2.98.